The van der Waals surface area contributed by atoms with Gasteiger partial charge in [0.1, 0.15) is 12.4 Å². The molecule has 3 rings (SSSR count). The second-order valence-corrected chi connectivity index (χ2v) is 5.79. The number of benzene rings is 2. The van der Waals surface area contributed by atoms with Crippen LogP contribution in [0.4, 0.5) is 0 Å². The molecule has 128 valence electrons. The van der Waals surface area contributed by atoms with Crippen LogP contribution in [-0.4, -0.2) is 18.9 Å². The van der Waals surface area contributed by atoms with Gasteiger partial charge in [0.25, 0.3) is 0 Å². The highest BCUT2D eigenvalue weighted by Crippen LogP contribution is 2.32. The summed E-state index contributed by atoms with van der Waals surface area (Å²) < 4.78 is 11.3. The molecule has 1 aliphatic carbocycles. The quantitative estimate of drug-likeness (QED) is 0.901. The van der Waals surface area contributed by atoms with Crippen molar-refractivity contribution in [2.75, 3.05) is 7.11 Å². The first-order chi connectivity index (χ1) is 11.2. The third-order valence-electron chi connectivity index (χ3n) is 4.22. The molecule has 0 bridgehead atoms. The van der Waals surface area contributed by atoms with E-state index < -0.39 is 6.04 Å². The zero-order valence-electron chi connectivity index (χ0n) is 13.7. The lowest BCUT2D eigenvalue weighted by Gasteiger charge is -2.24. The average molecular weight is 348 g/mol. The fourth-order valence-electron chi connectivity index (χ4n) is 2.99. The Morgan fingerprint density at radius 1 is 1.12 bits per heavy atom. The number of carbonyl (C=O) groups is 1. The highest BCUT2D eigenvalue weighted by Gasteiger charge is 2.27. The molecule has 4 nitrogen and oxygen atoms in total. The Labute approximate surface area is 148 Å². The maximum absolute atomic E-state index is 12.3. The van der Waals surface area contributed by atoms with Crippen LogP contribution < -0.4 is 10.5 Å². The molecule has 0 saturated carbocycles. The van der Waals surface area contributed by atoms with Crippen molar-refractivity contribution in [3.63, 3.8) is 0 Å². The van der Waals surface area contributed by atoms with Crippen molar-refractivity contribution in [1.82, 2.24) is 0 Å². The van der Waals surface area contributed by atoms with E-state index in [1.54, 1.807) is 7.11 Å². The molecule has 2 aromatic rings. The smallest absolute Gasteiger partial charge is 0.179 e. The number of halogens is 1. The number of ether oxygens (including phenoxy) is 2. The van der Waals surface area contributed by atoms with Gasteiger partial charge in [0.05, 0.1) is 12.6 Å². The van der Waals surface area contributed by atoms with Crippen LogP contribution in [0.3, 0.4) is 0 Å². The molecule has 0 heterocycles. The largest absolute Gasteiger partial charge is 0.489 e. The molecule has 1 aliphatic rings. The van der Waals surface area contributed by atoms with Gasteiger partial charge in [-0.1, -0.05) is 30.3 Å². The van der Waals surface area contributed by atoms with Crippen molar-refractivity contribution in [1.29, 1.82) is 0 Å². The van der Waals surface area contributed by atoms with Crippen LogP contribution in [0, 0.1) is 0 Å². The number of ketones is 1. The summed E-state index contributed by atoms with van der Waals surface area (Å²) in [6.07, 6.45) is 1.45. The van der Waals surface area contributed by atoms with E-state index in [0.717, 1.165) is 28.9 Å². The second kappa shape index (κ2) is 8.29. The van der Waals surface area contributed by atoms with Gasteiger partial charge in [-0.25, -0.2) is 0 Å². The molecule has 0 fully saturated rings. The van der Waals surface area contributed by atoms with Gasteiger partial charge in [0.15, 0.2) is 5.78 Å². The van der Waals surface area contributed by atoms with E-state index in [9.17, 15) is 4.79 Å². The van der Waals surface area contributed by atoms with E-state index in [4.69, 9.17) is 15.2 Å². The van der Waals surface area contributed by atoms with Gasteiger partial charge in [-0.15, -0.1) is 12.4 Å². The molecular formula is C19H22ClNO3. The summed E-state index contributed by atoms with van der Waals surface area (Å²) in [5.41, 5.74) is 9.67. The standard InChI is InChI=1S/C19H21NO3.ClH/c1-22-12-16-14-7-9-17(20)19(21)15(14)8-10-18(16)23-11-13-5-3-2-4-6-13;/h2-6,8,10,17H,7,9,11-12,20H2,1H3;1H. The van der Waals surface area contributed by atoms with Gasteiger partial charge < -0.3 is 15.2 Å². The summed E-state index contributed by atoms with van der Waals surface area (Å²) in [5, 5.41) is 0. The summed E-state index contributed by atoms with van der Waals surface area (Å²) in [4.78, 5) is 12.3. The molecule has 24 heavy (non-hydrogen) atoms. The fourth-order valence-corrected chi connectivity index (χ4v) is 2.99. The molecule has 1 unspecified atom stereocenters. The Kier molecular flexibility index (Phi) is 6.37. The first kappa shape index (κ1) is 18.5. The lowest BCUT2D eigenvalue weighted by Crippen LogP contribution is -2.35. The third-order valence-corrected chi connectivity index (χ3v) is 4.22. The minimum absolute atomic E-state index is 0. The first-order valence-corrected chi connectivity index (χ1v) is 7.81. The third kappa shape index (κ3) is 3.78. The SMILES string of the molecule is COCc1c(OCc2ccccc2)ccc2c1CCC(N)C2=O.Cl. The topological polar surface area (TPSA) is 61.6 Å². The summed E-state index contributed by atoms with van der Waals surface area (Å²) >= 11 is 0. The Balaban J connectivity index is 0.00000208. The van der Waals surface area contributed by atoms with Crippen LogP contribution in [0.1, 0.15) is 33.5 Å². The van der Waals surface area contributed by atoms with Crippen molar-refractivity contribution < 1.29 is 14.3 Å². The van der Waals surface area contributed by atoms with Crippen molar-refractivity contribution in [2.24, 2.45) is 5.73 Å². The Hall–Kier alpha value is -1.88. The predicted octanol–water partition coefficient (Wildman–Crippen LogP) is 3.29. The molecular weight excluding hydrogens is 326 g/mol. The zero-order chi connectivity index (χ0) is 16.2. The molecule has 5 heteroatoms. The van der Waals surface area contributed by atoms with Crippen molar-refractivity contribution in [2.45, 2.75) is 32.1 Å². The number of methoxy groups -OCH3 is 1. The normalized spacial score (nSPS) is 16.2. The zero-order valence-corrected chi connectivity index (χ0v) is 14.5. The lowest BCUT2D eigenvalue weighted by atomic mass is 9.84. The number of hydrogen-bond acceptors (Lipinski definition) is 4. The van der Waals surface area contributed by atoms with Gasteiger partial charge in [-0.3, -0.25) is 4.79 Å². The molecule has 0 amide bonds. The van der Waals surface area contributed by atoms with Crippen LogP contribution in [0.2, 0.25) is 0 Å². The molecule has 2 N–H and O–H groups in total. The fraction of sp³-hybridized carbons (Fsp3) is 0.316. The summed E-state index contributed by atoms with van der Waals surface area (Å²) in [5.74, 6) is 0.788. The van der Waals surface area contributed by atoms with E-state index in [1.165, 1.54) is 0 Å². The molecule has 0 radical (unpaired) electrons. The van der Waals surface area contributed by atoms with Crippen LogP contribution >= 0.6 is 12.4 Å². The molecule has 2 aromatic carbocycles. The molecule has 0 saturated heterocycles. The van der Waals surface area contributed by atoms with E-state index in [1.807, 2.05) is 42.5 Å². The number of nitrogens with two attached hydrogens (primary N) is 1. The second-order valence-electron chi connectivity index (χ2n) is 5.79. The van der Waals surface area contributed by atoms with Gasteiger partial charge in [-0.2, -0.15) is 0 Å². The number of Topliss-reactive ketones (excluding diaryl/α,β-unsaturated/α-hetero) is 1. The maximum Gasteiger partial charge on any atom is 0.179 e. The van der Waals surface area contributed by atoms with Crippen molar-refractivity contribution in [3.05, 3.63) is 64.7 Å². The van der Waals surface area contributed by atoms with E-state index >= 15 is 0 Å². The Bertz CT molecular complexity index is 703. The average Bonchev–Trinajstić information content (AvgIpc) is 2.58. The minimum atomic E-state index is -0.394. The number of rotatable bonds is 5. The van der Waals surface area contributed by atoms with Crippen molar-refractivity contribution in [3.8, 4) is 5.75 Å². The minimum Gasteiger partial charge on any atom is -0.489 e. The van der Waals surface area contributed by atoms with E-state index in [0.29, 0.717) is 25.2 Å². The van der Waals surface area contributed by atoms with Gasteiger partial charge >= 0.3 is 0 Å². The lowest BCUT2D eigenvalue weighted by molar-refractivity contribution is 0.0947. The van der Waals surface area contributed by atoms with Gasteiger partial charge in [0, 0.05) is 18.2 Å². The van der Waals surface area contributed by atoms with Gasteiger partial charge in [-0.05, 0) is 36.1 Å². The maximum atomic E-state index is 12.3. The molecule has 1 atom stereocenters. The number of carbonyl (C=O) groups excluding carboxylic acids is 1. The van der Waals surface area contributed by atoms with E-state index in [2.05, 4.69) is 0 Å². The van der Waals surface area contributed by atoms with Crippen LogP contribution in [-0.2, 0) is 24.4 Å². The summed E-state index contributed by atoms with van der Waals surface area (Å²) in [6.45, 7) is 0.916. The van der Waals surface area contributed by atoms with Crippen LogP contribution in [0.15, 0.2) is 42.5 Å². The van der Waals surface area contributed by atoms with Gasteiger partial charge in [0.2, 0.25) is 0 Å². The summed E-state index contributed by atoms with van der Waals surface area (Å²) in [7, 11) is 1.65. The summed E-state index contributed by atoms with van der Waals surface area (Å²) in [6, 6.07) is 13.3. The first-order valence-electron chi connectivity index (χ1n) is 7.81. The Morgan fingerprint density at radius 3 is 2.58 bits per heavy atom. The number of fused-ring (bicyclic) bond motifs is 1. The van der Waals surface area contributed by atoms with Crippen LogP contribution in [0.25, 0.3) is 0 Å². The molecule has 0 aromatic heterocycles. The van der Waals surface area contributed by atoms with E-state index in [-0.39, 0.29) is 18.2 Å². The number of hydrogen-bond donors (Lipinski definition) is 1. The van der Waals surface area contributed by atoms with Crippen molar-refractivity contribution >= 4 is 18.2 Å². The Morgan fingerprint density at radius 2 is 1.88 bits per heavy atom. The molecule has 0 spiro atoms. The monoisotopic (exact) mass is 347 g/mol. The molecule has 0 aliphatic heterocycles. The highest BCUT2D eigenvalue weighted by molar-refractivity contribution is 6.02. The van der Waals surface area contributed by atoms with Crippen LogP contribution in [0.5, 0.6) is 5.75 Å². The highest BCUT2D eigenvalue weighted by atomic mass is 35.5. The predicted molar refractivity (Wildman–Crippen MR) is 95.8 cm³/mol.